The fourth-order valence-electron chi connectivity index (χ4n) is 2.97. The average molecular weight is 233 g/mol. The molecule has 3 unspecified atom stereocenters. The third-order valence-corrected chi connectivity index (χ3v) is 4.53. The summed E-state index contributed by atoms with van der Waals surface area (Å²) in [5.74, 6) is 2.53. The summed E-state index contributed by atoms with van der Waals surface area (Å²) < 4.78 is 0. The van der Waals surface area contributed by atoms with Crippen LogP contribution >= 0.6 is 0 Å². The fraction of sp³-hybridized carbons (Fsp3) is 0.750. The molecule has 0 N–H and O–H groups in total. The molecule has 0 bridgehead atoms. The van der Waals surface area contributed by atoms with Gasteiger partial charge in [0, 0.05) is 18.8 Å². The molecule has 2 rings (SSSR count). The molecule has 0 spiro atoms. The lowest BCUT2D eigenvalue weighted by Crippen LogP contribution is -2.37. The standard InChI is InChI=1S/C16H27N/c1-4-5-15-6-8-16(9-7-15)17-11-10-13(2)14(3)12-17/h6,8-9,13-15H,4-5,7,10-12H2,1-3H3. The maximum absolute atomic E-state index is 2.59. The Morgan fingerprint density at radius 2 is 2.12 bits per heavy atom. The Labute approximate surface area is 107 Å². The second-order valence-corrected chi connectivity index (χ2v) is 5.96. The molecule has 1 aliphatic heterocycles. The van der Waals surface area contributed by atoms with Crippen molar-refractivity contribution in [1.82, 2.24) is 4.90 Å². The van der Waals surface area contributed by atoms with Crippen molar-refractivity contribution in [3.63, 3.8) is 0 Å². The van der Waals surface area contributed by atoms with Gasteiger partial charge in [0.05, 0.1) is 0 Å². The summed E-state index contributed by atoms with van der Waals surface area (Å²) in [6.07, 6.45) is 12.5. The quantitative estimate of drug-likeness (QED) is 0.705. The van der Waals surface area contributed by atoms with Crippen LogP contribution in [0.4, 0.5) is 0 Å². The molecule has 17 heavy (non-hydrogen) atoms. The van der Waals surface area contributed by atoms with Crippen LogP contribution in [0.2, 0.25) is 0 Å². The summed E-state index contributed by atoms with van der Waals surface area (Å²) in [5.41, 5.74) is 1.48. The van der Waals surface area contributed by atoms with Gasteiger partial charge in [-0.3, -0.25) is 0 Å². The van der Waals surface area contributed by atoms with E-state index in [1.165, 1.54) is 44.5 Å². The van der Waals surface area contributed by atoms with Crippen molar-refractivity contribution in [3.8, 4) is 0 Å². The van der Waals surface area contributed by atoms with E-state index < -0.39 is 0 Å². The van der Waals surface area contributed by atoms with Gasteiger partial charge in [0.1, 0.15) is 0 Å². The van der Waals surface area contributed by atoms with E-state index in [1.807, 2.05) is 0 Å². The van der Waals surface area contributed by atoms with Crippen LogP contribution in [0, 0.1) is 17.8 Å². The highest BCUT2D eigenvalue weighted by Gasteiger charge is 2.23. The predicted molar refractivity (Wildman–Crippen MR) is 74.8 cm³/mol. The van der Waals surface area contributed by atoms with Crippen molar-refractivity contribution >= 4 is 0 Å². The average Bonchev–Trinajstić information content (AvgIpc) is 2.34. The van der Waals surface area contributed by atoms with Crippen LogP contribution in [-0.4, -0.2) is 18.0 Å². The van der Waals surface area contributed by atoms with Crippen molar-refractivity contribution in [1.29, 1.82) is 0 Å². The normalized spacial score (nSPS) is 33.7. The number of hydrogen-bond acceptors (Lipinski definition) is 1. The number of piperidine rings is 1. The summed E-state index contributed by atoms with van der Waals surface area (Å²) >= 11 is 0. The predicted octanol–water partition coefficient (Wildman–Crippen LogP) is 4.22. The maximum Gasteiger partial charge on any atom is 0.0322 e. The molecule has 3 atom stereocenters. The van der Waals surface area contributed by atoms with Gasteiger partial charge in [-0.2, -0.15) is 0 Å². The summed E-state index contributed by atoms with van der Waals surface area (Å²) in [5, 5.41) is 0. The lowest BCUT2D eigenvalue weighted by atomic mass is 9.87. The number of nitrogens with zero attached hydrogens (tertiary/aromatic N) is 1. The van der Waals surface area contributed by atoms with Gasteiger partial charge in [0.2, 0.25) is 0 Å². The van der Waals surface area contributed by atoms with Gasteiger partial charge in [0.25, 0.3) is 0 Å². The molecular formula is C16H27N. The van der Waals surface area contributed by atoms with Crippen molar-refractivity contribution < 1.29 is 0 Å². The Balaban J connectivity index is 1.90. The van der Waals surface area contributed by atoms with Crippen LogP contribution in [0.5, 0.6) is 0 Å². The molecule has 1 aliphatic carbocycles. The monoisotopic (exact) mass is 233 g/mol. The minimum absolute atomic E-state index is 0.796. The van der Waals surface area contributed by atoms with Crippen LogP contribution in [-0.2, 0) is 0 Å². The van der Waals surface area contributed by atoms with E-state index in [2.05, 4.69) is 43.9 Å². The molecule has 96 valence electrons. The zero-order valence-electron chi connectivity index (χ0n) is 11.7. The molecule has 2 aliphatic rings. The van der Waals surface area contributed by atoms with E-state index in [9.17, 15) is 0 Å². The van der Waals surface area contributed by atoms with E-state index in [0.29, 0.717) is 0 Å². The number of allylic oxidation sites excluding steroid dienone is 3. The summed E-state index contributed by atoms with van der Waals surface area (Å²) in [7, 11) is 0. The molecule has 0 amide bonds. The van der Waals surface area contributed by atoms with Crippen LogP contribution < -0.4 is 0 Å². The Hall–Kier alpha value is -0.720. The SMILES string of the molecule is CCCC1C=CC(N2CCC(C)C(C)C2)=CC1. The Bertz CT molecular complexity index is 303. The smallest absolute Gasteiger partial charge is 0.0322 e. The minimum atomic E-state index is 0.796. The molecule has 1 fully saturated rings. The van der Waals surface area contributed by atoms with E-state index in [4.69, 9.17) is 0 Å². The van der Waals surface area contributed by atoms with Gasteiger partial charge >= 0.3 is 0 Å². The first-order chi connectivity index (χ1) is 8.20. The summed E-state index contributed by atoms with van der Waals surface area (Å²) in [4.78, 5) is 2.59. The first-order valence-electron chi connectivity index (χ1n) is 7.34. The molecule has 0 radical (unpaired) electrons. The van der Waals surface area contributed by atoms with Crippen LogP contribution in [0.25, 0.3) is 0 Å². The van der Waals surface area contributed by atoms with Gasteiger partial charge in [-0.05, 0) is 43.1 Å². The highest BCUT2D eigenvalue weighted by atomic mass is 15.1. The molecule has 1 heterocycles. The molecule has 1 saturated heterocycles. The molecule has 1 nitrogen and oxygen atoms in total. The van der Waals surface area contributed by atoms with Crippen molar-refractivity contribution in [2.45, 2.75) is 46.5 Å². The summed E-state index contributed by atoms with van der Waals surface area (Å²) in [6, 6.07) is 0. The third kappa shape index (κ3) is 3.14. The Morgan fingerprint density at radius 3 is 2.71 bits per heavy atom. The molecule has 0 aromatic carbocycles. The zero-order chi connectivity index (χ0) is 12.3. The van der Waals surface area contributed by atoms with Gasteiger partial charge in [-0.15, -0.1) is 0 Å². The number of hydrogen-bond donors (Lipinski definition) is 0. The summed E-state index contributed by atoms with van der Waals surface area (Å²) in [6.45, 7) is 9.56. The van der Waals surface area contributed by atoms with E-state index >= 15 is 0 Å². The lowest BCUT2D eigenvalue weighted by molar-refractivity contribution is 0.175. The van der Waals surface area contributed by atoms with Crippen LogP contribution in [0.15, 0.2) is 23.9 Å². The third-order valence-electron chi connectivity index (χ3n) is 4.53. The van der Waals surface area contributed by atoms with Crippen LogP contribution in [0.3, 0.4) is 0 Å². The Morgan fingerprint density at radius 1 is 1.29 bits per heavy atom. The zero-order valence-corrected chi connectivity index (χ0v) is 11.7. The van der Waals surface area contributed by atoms with E-state index in [1.54, 1.807) is 0 Å². The van der Waals surface area contributed by atoms with Gasteiger partial charge in [-0.25, -0.2) is 0 Å². The van der Waals surface area contributed by atoms with E-state index in [0.717, 1.165) is 17.8 Å². The van der Waals surface area contributed by atoms with Gasteiger partial charge < -0.3 is 4.90 Å². The molecule has 0 aromatic rings. The largest absolute Gasteiger partial charge is 0.372 e. The first-order valence-corrected chi connectivity index (χ1v) is 7.34. The second kappa shape index (κ2) is 5.75. The van der Waals surface area contributed by atoms with Crippen molar-refractivity contribution in [2.24, 2.45) is 17.8 Å². The minimum Gasteiger partial charge on any atom is -0.372 e. The number of likely N-dealkylation sites (tertiary alicyclic amines) is 1. The van der Waals surface area contributed by atoms with Gasteiger partial charge in [-0.1, -0.05) is 39.3 Å². The van der Waals surface area contributed by atoms with Crippen molar-refractivity contribution in [2.75, 3.05) is 13.1 Å². The molecule has 1 heteroatoms. The fourth-order valence-corrected chi connectivity index (χ4v) is 2.97. The lowest BCUT2D eigenvalue weighted by Gasteiger charge is -2.38. The van der Waals surface area contributed by atoms with Gasteiger partial charge in [0.15, 0.2) is 0 Å². The van der Waals surface area contributed by atoms with Crippen LogP contribution in [0.1, 0.15) is 46.5 Å². The topological polar surface area (TPSA) is 3.24 Å². The molecule has 0 saturated carbocycles. The maximum atomic E-state index is 2.59. The molecule has 0 aromatic heterocycles. The molecular weight excluding hydrogens is 206 g/mol. The highest BCUT2D eigenvalue weighted by molar-refractivity contribution is 5.23. The van der Waals surface area contributed by atoms with E-state index in [-0.39, 0.29) is 0 Å². The number of rotatable bonds is 3. The Kier molecular flexibility index (Phi) is 4.31. The van der Waals surface area contributed by atoms with Crippen molar-refractivity contribution in [3.05, 3.63) is 23.9 Å². The second-order valence-electron chi connectivity index (χ2n) is 5.96. The first kappa shape index (κ1) is 12.7. The highest BCUT2D eigenvalue weighted by Crippen LogP contribution is 2.28.